The standard InChI is InChI=1S/C7H10BrN/c1-2-7(6-9)4-3-5-8/h2-5H,1,6,9H2/b5-3+,7-4+. The SMILES string of the molecule is C=C/C(=C\C=C\Br)CN. The molecule has 0 spiro atoms. The van der Waals surface area contributed by atoms with Crippen LogP contribution in [-0.4, -0.2) is 6.54 Å². The molecule has 0 aliphatic heterocycles. The fourth-order valence-electron chi connectivity index (χ4n) is 0.379. The zero-order chi connectivity index (χ0) is 7.11. The van der Waals surface area contributed by atoms with Crippen molar-refractivity contribution in [3.63, 3.8) is 0 Å². The number of hydrogen-bond acceptors (Lipinski definition) is 1. The Kier molecular flexibility index (Phi) is 5.57. The zero-order valence-electron chi connectivity index (χ0n) is 5.18. The summed E-state index contributed by atoms with van der Waals surface area (Å²) in [5.41, 5.74) is 6.37. The fourth-order valence-corrected chi connectivity index (χ4v) is 0.532. The van der Waals surface area contributed by atoms with Crippen LogP contribution in [0, 0.1) is 0 Å². The Bertz CT molecular complexity index is 136. The van der Waals surface area contributed by atoms with E-state index in [4.69, 9.17) is 5.73 Å². The third kappa shape index (κ3) is 4.18. The van der Waals surface area contributed by atoms with Gasteiger partial charge in [0.25, 0.3) is 0 Å². The van der Waals surface area contributed by atoms with E-state index in [2.05, 4.69) is 22.5 Å². The fraction of sp³-hybridized carbons (Fsp3) is 0.143. The van der Waals surface area contributed by atoms with Crippen molar-refractivity contribution in [2.75, 3.05) is 6.54 Å². The van der Waals surface area contributed by atoms with Crippen LogP contribution in [-0.2, 0) is 0 Å². The molecule has 0 aliphatic rings. The van der Waals surface area contributed by atoms with Crippen molar-refractivity contribution < 1.29 is 0 Å². The van der Waals surface area contributed by atoms with Gasteiger partial charge in [0.1, 0.15) is 0 Å². The normalized spacial score (nSPS) is 12.4. The van der Waals surface area contributed by atoms with Gasteiger partial charge >= 0.3 is 0 Å². The summed E-state index contributed by atoms with van der Waals surface area (Å²) in [5.74, 6) is 0. The number of nitrogens with two attached hydrogens (primary N) is 1. The monoisotopic (exact) mass is 187 g/mol. The predicted octanol–water partition coefficient (Wildman–Crippen LogP) is 1.97. The Morgan fingerprint density at radius 3 is 2.67 bits per heavy atom. The van der Waals surface area contributed by atoms with E-state index in [1.165, 1.54) is 0 Å². The lowest BCUT2D eigenvalue weighted by molar-refractivity contribution is 1.19. The van der Waals surface area contributed by atoms with Gasteiger partial charge in [0.05, 0.1) is 0 Å². The van der Waals surface area contributed by atoms with E-state index >= 15 is 0 Å². The van der Waals surface area contributed by atoms with Crippen molar-refractivity contribution in [3.8, 4) is 0 Å². The highest BCUT2D eigenvalue weighted by Crippen LogP contribution is 1.93. The molecule has 2 N–H and O–H groups in total. The van der Waals surface area contributed by atoms with Crippen molar-refractivity contribution in [2.45, 2.75) is 0 Å². The molecule has 9 heavy (non-hydrogen) atoms. The minimum atomic E-state index is 0.542. The first kappa shape index (κ1) is 8.66. The molecule has 0 saturated carbocycles. The molecule has 0 saturated heterocycles. The van der Waals surface area contributed by atoms with Gasteiger partial charge < -0.3 is 5.73 Å². The molecule has 0 fully saturated rings. The summed E-state index contributed by atoms with van der Waals surface area (Å²) in [5, 5.41) is 0. The molecule has 0 aromatic rings. The Morgan fingerprint density at radius 2 is 2.33 bits per heavy atom. The van der Waals surface area contributed by atoms with E-state index in [0.29, 0.717) is 6.54 Å². The average molecular weight is 188 g/mol. The van der Waals surface area contributed by atoms with Crippen LogP contribution in [0.3, 0.4) is 0 Å². The number of rotatable bonds is 3. The van der Waals surface area contributed by atoms with E-state index in [0.717, 1.165) is 5.57 Å². The molecule has 0 unspecified atom stereocenters. The third-order valence-electron chi connectivity index (χ3n) is 0.881. The molecule has 0 heterocycles. The van der Waals surface area contributed by atoms with Gasteiger partial charge in [0.2, 0.25) is 0 Å². The molecule has 0 bridgehead atoms. The summed E-state index contributed by atoms with van der Waals surface area (Å²) in [6, 6.07) is 0. The molecule has 50 valence electrons. The second kappa shape index (κ2) is 5.79. The highest BCUT2D eigenvalue weighted by Gasteiger charge is 1.80. The highest BCUT2D eigenvalue weighted by atomic mass is 79.9. The maximum atomic E-state index is 5.34. The molecule has 0 radical (unpaired) electrons. The van der Waals surface area contributed by atoms with Crippen LogP contribution in [0.25, 0.3) is 0 Å². The smallest absolute Gasteiger partial charge is 0.0177 e. The van der Waals surface area contributed by atoms with Gasteiger partial charge in [-0.1, -0.05) is 40.7 Å². The van der Waals surface area contributed by atoms with E-state index < -0.39 is 0 Å². The molecular formula is C7H10BrN. The highest BCUT2D eigenvalue weighted by molar-refractivity contribution is 9.11. The lowest BCUT2D eigenvalue weighted by Gasteiger charge is -1.89. The molecule has 0 atom stereocenters. The van der Waals surface area contributed by atoms with Crippen LogP contribution in [0.15, 0.2) is 35.4 Å². The van der Waals surface area contributed by atoms with Gasteiger partial charge in [0.15, 0.2) is 0 Å². The summed E-state index contributed by atoms with van der Waals surface area (Å²) >= 11 is 3.14. The van der Waals surface area contributed by atoms with Gasteiger partial charge in [-0.15, -0.1) is 0 Å². The molecule has 0 aromatic carbocycles. The molecular weight excluding hydrogens is 178 g/mol. The minimum absolute atomic E-state index is 0.542. The number of hydrogen-bond donors (Lipinski definition) is 1. The first-order valence-electron chi connectivity index (χ1n) is 2.63. The molecule has 0 rings (SSSR count). The quantitative estimate of drug-likeness (QED) is 0.673. The van der Waals surface area contributed by atoms with Crippen molar-refractivity contribution in [3.05, 3.63) is 35.4 Å². The Hall–Kier alpha value is -0.340. The maximum absolute atomic E-state index is 5.34. The first-order chi connectivity index (χ1) is 4.35. The van der Waals surface area contributed by atoms with Crippen LogP contribution in [0.5, 0.6) is 0 Å². The van der Waals surface area contributed by atoms with Crippen LogP contribution < -0.4 is 5.73 Å². The van der Waals surface area contributed by atoms with E-state index in [1.807, 2.05) is 12.2 Å². The third-order valence-corrected chi connectivity index (χ3v) is 1.19. The van der Waals surface area contributed by atoms with Crippen LogP contribution in [0.4, 0.5) is 0 Å². The zero-order valence-corrected chi connectivity index (χ0v) is 6.76. The van der Waals surface area contributed by atoms with E-state index in [-0.39, 0.29) is 0 Å². The summed E-state index contributed by atoms with van der Waals surface area (Å²) < 4.78 is 0. The Labute approximate surface area is 64.1 Å². The van der Waals surface area contributed by atoms with Crippen molar-refractivity contribution >= 4 is 15.9 Å². The summed E-state index contributed by atoms with van der Waals surface area (Å²) in [7, 11) is 0. The van der Waals surface area contributed by atoms with Crippen LogP contribution in [0.1, 0.15) is 0 Å². The molecule has 0 amide bonds. The van der Waals surface area contributed by atoms with Crippen LogP contribution >= 0.6 is 15.9 Å². The topological polar surface area (TPSA) is 26.0 Å². The van der Waals surface area contributed by atoms with Gasteiger partial charge in [-0.25, -0.2) is 0 Å². The van der Waals surface area contributed by atoms with Crippen LogP contribution in [0.2, 0.25) is 0 Å². The molecule has 1 nitrogen and oxygen atoms in total. The molecule has 2 heteroatoms. The van der Waals surface area contributed by atoms with Gasteiger partial charge in [-0.3, -0.25) is 0 Å². The minimum Gasteiger partial charge on any atom is -0.326 e. The average Bonchev–Trinajstić information content (AvgIpc) is 1.91. The second-order valence-corrected chi connectivity index (χ2v) is 2.00. The lowest BCUT2D eigenvalue weighted by Crippen LogP contribution is -1.99. The lowest BCUT2D eigenvalue weighted by atomic mass is 10.2. The van der Waals surface area contributed by atoms with Gasteiger partial charge in [0, 0.05) is 6.54 Å². The van der Waals surface area contributed by atoms with Crippen molar-refractivity contribution in [2.24, 2.45) is 5.73 Å². The predicted molar refractivity (Wildman–Crippen MR) is 45.4 cm³/mol. The largest absolute Gasteiger partial charge is 0.326 e. The Balaban J connectivity index is 3.90. The number of halogens is 1. The summed E-state index contributed by atoms with van der Waals surface area (Å²) in [6.07, 6.45) is 5.51. The summed E-state index contributed by atoms with van der Waals surface area (Å²) in [6.45, 7) is 4.13. The molecule has 0 aromatic heterocycles. The van der Waals surface area contributed by atoms with E-state index in [1.54, 1.807) is 11.1 Å². The second-order valence-electron chi connectivity index (χ2n) is 1.47. The maximum Gasteiger partial charge on any atom is 0.0177 e. The van der Waals surface area contributed by atoms with Gasteiger partial charge in [-0.2, -0.15) is 0 Å². The summed E-state index contributed by atoms with van der Waals surface area (Å²) in [4.78, 5) is 1.77. The van der Waals surface area contributed by atoms with Gasteiger partial charge in [-0.05, 0) is 10.6 Å². The Morgan fingerprint density at radius 1 is 1.67 bits per heavy atom. The molecule has 0 aliphatic carbocycles. The first-order valence-corrected chi connectivity index (χ1v) is 3.55. The van der Waals surface area contributed by atoms with Crippen molar-refractivity contribution in [1.82, 2.24) is 0 Å². The van der Waals surface area contributed by atoms with Crippen molar-refractivity contribution in [1.29, 1.82) is 0 Å². The number of allylic oxidation sites excluding steroid dienone is 2. The van der Waals surface area contributed by atoms with E-state index in [9.17, 15) is 0 Å².